The van der Waals surface area contributed by atoms with Crippen LogP contribution < -0.4 is 16.1 Å². The SMILES string of the molecule is CCc1ccc2cnc(CCCC(C)C(=O)NC(C(=O)NC(C)C(=O)N3CCCC(C(=O)O)N3)C(C)C)cc2c1. The first-order chi connectivity index (χ1) is 19.0. The smallest absolute Gasteiger partial charge is 0.322 e. The summed E-state index contributed by atoms with van der Waals surface area (Å²) in [5.74, 6) is -2.60. The Morgan fingerprint density at radius 3 is 2.50 bits per heavy atom. The van der Waals surface area contributed by atoms with Gasteiger partial charge in [0.1, 0.15) is 18.1 Å². The van der Waals surface area contributed by atoms with Gasteiger partial charge in [-0.25, -0.2) is 5.43 Å². The quantitative estimate of drug-likeness (QED) is 0.317. The molecule has 1 aliphatic rings. The number of nitrogens with zero attached hydrogens (tertiary/aromatic N) is 2. The van der Waals surface area contributed by atoms with Crippen LogP contribution in [0, 0.1) is 11.8 Å². The third kappa shape index (κ3) is 8.24. The highest BCUT2D eigenvalue weighted by molar-refractivity contribution is 5.92. The van der Waals surface area contributed by atoms with E-state index in [9.17, 15) is 24.3 Å². The van der Waals surface area contributed by atoms with Crippen LogP contribution in [0.5, 0.6) is 0 Å². The Hall–Kier alpha value is -3.53. The van der Waals surface area contributed by atoms with Crippen molar-refractivity contribution >= 4 is 34.5 Å². The van der Waals surface area contributed by atoms with Crippen LogP contribution in [-0.2, 0) is 32.0 Å². The van der Waals surface area contributed by atoms with Gasteiger partial charge >= 0.3 is 5.97 Å². The van der Waals surface area contributed by atoms with Crippen molar-refractivity contribution in [3.8, 4) is 0 Å². The summed E-state index contributed by atoms with van der Waals surface area (Å²) in [6.07, 6.45) is 6.04. The molecule has 1 aromatic carbocycles. The van der Waals surface area contributed by atoms with Gasteiger partial charge in [-0.05, 0) is 68.4 Å². The molecule has 1 aliphatic heterocycles. The minimum Gasteiger partial charge on any atom is -0.480 e. The molecule has 4 unspecified atom stereocenters. The second-order valence-electron chi connectivity index (χ2n) is 11.1. The van der Waals surface area contributed by atoms with Crippen LogP contribution in [0.3, 0.4) is 0 Å². The van der Waals surface area contributed by atoms with E-state index in [0.29, 0.717) is 25.8 Å². The van der Waals surface area contributed by atoms with E-state index in [1.54, 1.807) is 6.92 Å². The standard InChI is InChI=1S/C30H43N5O5/c1-6-21-12-13-22-17-31-24(16-23(22)15-21)10-7-9-19(4)27(36)33-26(18(2)3)28(37)32-20(5)29(38)35-14-8-11-25(34-35)30(39)40/h12-13,15-20,25-26,34H,6-11,14H2,1-5H3,(H,32,37)(H,33,36)(H,39,40). The Kier molecular flexibility index (Phi) is 11.0. The number of benzene rings is 1. The van der Waals surface area contributed by atoms with Gasteiger partial charge in [0.2, 0.25) is 11.8 Å². The highest BCUT2D eigenvalue weighted by Crippen LogP contribution is 2.19. The van der Waals surface area contributed by atoms with E-state index in [2.05, 4.69) is 52.2 Å². The Labute approximate surface area is 236 Å². The lowest BCUT2D eigenvalue weighted by atomic mass is 9.98. The van der Waals surface area contributed by atoms with Crippen molar-refractivity contribution in [3.63, 3.8) is 0 Å². The van der Waals surface area contributed by atoms with E-state index in [0.717, 1.165) is 30.3 Å². The van der Waals surface area contributed by atoms with Gasteiger partial charge < -0.3 is 15.7 Å². The summed E-state index contributed by atoms with van der Waals surface area (Å²) < 4.78 is 0. The second-order valence-corrected chi connectivity index (χ2v) is 11.1. The lowest BCUT2D eigenvalue weighted by molar-refractivity contribution is -0.148. The van der Waals surface area contributed by atoms with Crippen LogP contribution in [0.2, 0.25) is 0 Å². The number of fused-ring (bicyclic) bond motifs is 1. The van der Waals surface area contributed by atoms with Crippen molar-refractivity contribution in [2.45, 2.75) is 91.3 Å². The molecule has 0 spiro atoms. The van der Waals surface area contributed by atoms with Gasteiger partial charge in [-0.3, -0.25) is 29.2 Å². The first-order valence-corrected chi connectivity index (χ1v) is 14.3. The molecule has 218 valence electrons. The molecule has 10 heteroatoms. The average molecular weight is 554 g/mol. The van der Waals surface area contributed by atoms with Crippen molar-refractivity contribution in [1.29, 1.82) is 0 Å². The number of hydrogen-bond donors (Lipinski definition) is 4. The highest BCUT2D eigenvalue weighted by atomic mass is 16.4. The maximum Gasteiger partial charge on any atom is 0.322 e. The molecule has 4 atom stereocenters. The van der Waals surface area contributed by atoms with Crippen LogP contribution in [-0.4, -0.2) is 63.5 Å². The van der Waals surface area contributed by atoms with Crippen LogP contribution in [0.1, 0.15) is 71.6 Å². The van der Waals surface area contributed by atoms with Crippen molar-refractivity contribution in [1.82, 2.24) is 26.1 Å². The summed E-state index contributed by atoms with van der Waals surface area (Å²) >= 11 is 0. The number of aryl methyl sites for hydroxylation is 2. The normalized spacial score (nSPS) is 17.8. The number of nitrogens with one attached hydrogen (secondary N) is 3. The summed E-state index contributed by atoms with van der Waals surface area (Å²) in [5, 5.41) is 18.3. The van der Waals surface area contributed by atoms with Crippen LogP contribution in [0.4, 0.5) is 0 Å². The molecular weight excluding hydrogens is 510 g/mol. The minimum atomic E-state index is -1.02. The van der Waals surface area contributed by atoms with Crippen molar-refractivity contribution in [2.24, 2.45) is 11.8 Å². The molecule has 40 heavy (non-hydrogen) atoms. The molecule has 3 amide bonds. The fraction of sp³-hybridized carbons (Fsp3) is 0.567. The summed E-state index contributed by atoms with van der Waals surface area (Å²) in [6, 6.07) is 5.99. The summed E-state index contributed by atoms with van der Waals surface area (Å²) in [6.45, 7) is 9.56. The monoisotopic (exact) mass is 553 g/mol. The third-order valence-electron chi connectivity index (χ3n) is 7.50. The van der Waals surface area contributed by atoms with Crippen molar-refractivity contribution < 1.29 is 24.3 Å². The van der Waals surface area contributed by atoms with Crippen LogP contribution in [0.15, 0.2) is 30.5 Å². The van der Waals surface area contributed by atoms with E-state index in [-0.39, 0.29) is 17.7 Å². The zero-order chi connectivity index (χ0) is 29.4. The van der Waals surface area contributed by atoms with Gasteiger partial charge in [-0.15, -0.1) is 0 Å². The maximum atomic E-state index is 13.0. The number of carbonyl (C=O) groups excluding carboxylic acids is 3. The molecule has 1 saturated heterocycles. The van der Waals surface area contributed by atoms with Crippen molar-refractivity contribution in [2.75, 3.05) is 6.54 Å². The van der Waals surface area contributed by atoms with E-state index in [1.807, 2.05) is 27.0 Å². The molecule has 0 bridgehead atoms. The minimum absolute atomic E-state index is 0.197. The maximum absolute atomic E-state index is 13.0. The molecule has 0 aliphatic carbocycles. The van der Waals surface area contributed by atoms with E-state index >= 15 is 0 Å². The lowest BCUT2D eigenvalue weighted by Crippen LogP contribution is -2.60. The number of carbonyl (C=O) groups is 4. The first-order valence-electron chi connectivity index (χ1n) is 14.3. The Morgan fingerprint density at radius 1 is 1.07 bits per heavy atom. The number of aromatic nitrogens is 1. The molecule has 1 fully saturated rings. The Balaban J connectivity index is 1.50. The molecule has 4 N–H and O–H groups in total. The van der Waals surface area contributed by atoms with Gasteiger partial charge in [-0.1, -0.05) is 45.9 Å². The average Bonchev–Trinajstić information content (AvgIpc) is 2.94. The molecule has 0 radical (unpaired) electrons. The molecule has 10 nitrogen and oxygen atoms in total. The van der Waals surface area contributed by atoms with Crippen LogP contribution >= 0.6 is 0 Å². The Morgan fingerprint density at radius 2 is 1.82 bits per heavy atom. The number of amides is 3. The third-order valence-corrected chi connectivity index (χ3v) is 7.50. The zero-order valence-corrected chi connectivity index (χ0v) is 24.2. The first kappa shape index (κ1) is 31.0. The summed E-state index contributed by atoms with van der Waals surface area (Å²) in [7, 11) is 0. The van der Waals surface area contributed by atoms with Gasteiger partial charge in [0.05, 0.1) is 0 Å². The Bertz CT molecular complexity index is 1220. The van der Waals surface area contributed by atoms with Gasteiger partial charge in [0, 0.05) is 29.7 Å². The van der Waals surface area contributed by atoms with E-state index in [1.165, 1.54) is 16.0 Å². The number of aliphatic carboxylic acids is 1. The zero-order valence-electron chi connectivity index (χ0n) is 24.2. The topological polar surface area (TPSA) is 141 Å². The lowest BCUT2D eigenvalue weighted by Gasteiger charge is -2.34. The molecule has 0 saturated carbocycles. The van der Waals surface area contributed by atoms with E-state index < -0.39 is 35.9 Å². The number of carboxylic acid groups (broad SMARTS) is 1. The summed E-state index contributed by atoms with van der Waals surface area (Å²) in [5.41, 5.74) is 4.98. The number of hydrazine groups is 1. The van der Waals surface area contributed by atoms with Gasteiger partial charge in [-0.2, -0.15) is 0 Å². The molecule has 1 aromatic heterocycles. The highest BCUT2D eigenvalue weighted by Gasteiger charge is 2.32. The number of pyridine rings is 1. The predicted molar refractivity (Wildman–Crippen MR) is 153 cm³/mol. The summed E-state index contributed by atoms with van der Waals surface area (Å²) in [4.78, 5) is 54.7. The van der Waals surface area contributed by atoms with Gasteiger partial charge in [0.15, 0.2) is 0 Å². The molecule has 2 heterocycles. The predicted octanol–water partition coefficient (Wildman–Crippen LogP) is 2.98. The second kappa shape index (κ2) is 14.2. The fourth-order valence-electron chi connectivity index (χ4n) is 4.87. The molecule has 2 aromatic rings. The fourth-order valence-corrected chi connectivity index (χ4v) is 4.87. The number of carboxylic acids is 1. The van der Waals surface area contributed by atoms with Gasteiger partial charge in [0.25, 0.3) is 5.91 Å². The molecular formula is C30H43N5O5. The molecule has 3 rings (SSSR count). The van der Waals surface area contributed by atoms with Crippen molar-refractivity contribution in [3.05, 3.63) is 41.7 Å². The van der Waals surface area contributed by atoms with Crippen LogP contribution in [0.25, 0.3) is 10.8 Å². The largest absolute Gasteiger partial charge is 0.480 e. The number of hydrogen-bond acceptors (Lipinski definition) is 6. The van der Waals surface area contributed by atoms with E-state index in [4.69, 9.17) is 0 Å². The number of rotatable bonds is 12.